The van der Waals surface area contributed by atoms with Gasteiger partial charge < -0.3 is 5.32 Å². The molecular formula is C18H24N2O3S2. The lowest BCUT2D eigenvalue weighted by Crippen LogP contribution is -2.30. The number of hydrogen-bond donors (Lipinski definition) is 1. The van der Waals surface area contributed by atoms with E-state index in [1.165, 1.54) is 4.31 Å². The summed E-state index contributed by atoms with van der Waals surface area (Å²) in [6.07, 6.45) is 0.968. The lowest BCUT2D eigenvalue weighted by Gasteiger charge is -2.18. The molecule has 0 unspecified atom stereocenters. The Morgan fingerprint density at radius 2 is 1.80 bits per heavy atom. The summed E-state index contributed by atoms with van der Waals surface area (Å²) in [5.41, 5.74) is 0.949. The van der Waals surface area contributed by atoms with E-state index in [9.17, 15) is 13.2 Å². The van der Waals surface area contributed by atoms with E-state index in [4.69, 9.17) is 0 Å². The lowest BCUT2D eigenvalue weighted by atomic mass is 10.1. The van der Waals surface area contributed by atoms with Crippen LogP contribution in [0.25, 0.3) is 0 Å². The van der Waals surface area contributed by atoms with Crippen LogP contribution in [0.1, 0.15) is 30.7 Å². The average Bonchev–Trinajstić information content (AvgIpc) is 3.13. The summed E-state index contributed by atoms with van der Waals surface area (Å²) in [5, 5.41) is 4.87. The molecule has 1 heterocycles. The average molecular weight is 381 g/mol. The smallest absolute Gasteiger partial charge is 0.243 e. The van der Waals surface area contributed by atoms with Gasteiger partial charge in [0, 0.05) is 24.4 Å². The number of amides is 1. The zero-order valence-corrected chi connectivity index (χ0v) is 16.2. The molecule has 2 aromatic rings. The van der Waals surface area contributed by atoms with Crippen LogP contribution in [-0.4, -0.2) is 31.7 Å². The molecule has 0 spiro atoms. The Labute approximate surface area is 153 Å². The van der Waals surface area contributed by atoms with Crippen LogP contribution in [-0.2, 0) is 27.8 Å². The predicted octanol–water partition coefficient (Wildman–Crippen LogP) is 3.03. The second-order valence-electron chi connectivity index (χ2n) is 5.59. The first-order valence-electron chi connectivity index (χ1n) is 8.35. The van der Waals surface area contributed by atoms with Gasteiger partial charge in [-0.3, -0.25) is 4.79 Å². The zero-order valence-electron chi connectivity index (χ0n) is 14.6. The van der Waals surface area contributed by atoms with E-state index in [0.29, 0.717) is 37.4 Å². The molecule has 0 bridgehead atoms. The van der Waals surface area contributed by atoms with Gasteiger partial charge in [-0.25, -0.2) is 8.42 Å². The summed E-state index contributed by atoms with van der Waals surface area (Å²) >= 11 is 1.61. The molecule has 0 aliphatic rings. The maximum absolute atomic E-state index is 12.4. The monoisotopic (exact) mass is 380 g/mol. The Kier molecular flexibility index (Phi) is 7.16. The first-order chi connectivity index (χ1) is 12.0. The molecule has 1 amide bonds. The molecule has 0 saturated carbocycles. The molecule has 5 nitrogen and oxygen atoms in total. The molecule has 0 radical (unpaired) electrons. The highest BCUT2D eigenvalue weighted by atomic mass is 32.2. The summed E-state index contributed by atoms with van der Waals surface area (Å²) in [5.74, 6) is -0.00626. The first-order valence-corrected chi connectivity index (χ1v) is 10.7. The number of hydrogen-bond acceptors (Lipinski definition) is 4. The number of thiophene rings is 1. The summed E-state index contributed by atoms with van der Waals surface area (Å²) in [4.78, 5) is 13.3. The molecular weight excluding hydrogens is 356 g/mol. The fraction of sp³-hybridized carbons (Fsp3) is 0.389. The van der Waals surface area contributed by atoms with E-state index in [1.807, 2.05) is 31.4 Å². The number of rotatable bonds is 9. The van der Waals surface area contributed by atoms with Gasteiger partial charge in [0.1, 0.15) is 0 Å². The predicted molar refractivity (Wildman–Crippen MR) is 101 cm³/mol. The molecule has 0 atom stereocenters. The molecule has 0 saturated heterocycles. The summed E-state index contributed by atoms with van der Waals surface area (Å²) in [6.45, 7) is 5.10. The molecule has 0 aliphatic carbocycles. The Bertz CT molecular complexity index is 765. The Morgan fingerprint density at radius 1 is 1.12 bits per heavy atom. The number of nitrogens with one attached hydrogen (secondary N) is 1. The van der Waals surface area contributed by atoms with Gasteiger partial charge in [-0.1, -0.05) is 32.0 Å². The fourth-order valence-electron chi connectivity index (χ4n) is 2.49. The van der Waals surface area contributed by atoms with Gasteiger partial charge in [0.25, 0.3) is 0 Å². The fourth-order valence-corrected chi connectivity index (χ4v) is 4.59. The number of carbonyl (C=O) groups excluding carboxylic acids is 1. The molecule has 1 aromatic heterocycles. The number of benzene rings is 1. The third-order valence-electron chi connectivity index (χ3n) is 3.95. The summed E-state index contributed by atoms with van der Waals surface area (Å²) in [6, 6.07) is 10.7. The van der Waals surface area contributed by atoms with Crippen LogP contribution in [0.15, 0.2) is 46.7 Å². The molecule has 7 heteroatoms. The second kappa shape index (κ2) is 9.12. The quantitative estimate of drug-likeness (QED) is 0.727. The topological polar surface area (TPSA) is 66.5 Å². The van der Waals surface area contributed by atoms with Crippen molar-refractivity contribution in [3.05, 3.63) is 52.2 Å². The SMILES string of the molecule is CCN(CC)S(=O)(=O)c1ccc(CCC(=O)NCc2cccs2)cc1. The molecule has 1 aromatic carbocycles. The van der Waals surface area contributed by atoms with Crippen molar-refractivity contribution in [2.24, 2.45) is 0 Å². The van der Waals surface area contributed by atoms with E-state index in [1.54, 1.807) is 35.6 Å². The highest BCUT2D eigenvalue weighted by Crippen LogP contribution is 2.17. The van der Waals surface area contributed by atoms with Crippen molar-refractivity contribution < 1.29 is 13.2 Å². The molecule has 0 fully saturated rings. The van der Waals surface area contributed by atoms with E-state index in [0.717, 1.165) is 10.4 Å². The normalized spacial score (nSPS) is 11.6. The van der Waals surface area contributed by atoms with Crippen LogP contribution < -0.4 is 5.32 Å². The van der Waals surface area contributed by atoms with Gasteiger partial charge >= 0.3 is 0 Å². The van der Waals surface area contributed by atoms with Crippen LogP contribution in [0.3, 0.4) is 0 Å². The minimum Gasteiger partial charge on any atom is -0.351 e. The van der Waals surface area contributed by atoms with Crippen molar-refractivity contribution >= 4 is 27.3 Å². The largest absolute Gasteiger partial charge is 0.351 e. The zero-order chi connectivity index (χ0) is 18.3. The maximum Gasteiger partial charge on any atom is 0.243 e. The van der Waals surface area contributed by atoms with Crippen LogP contribution in [0.4, 0.5) is 0 Å². The second-order valence-corrected chi connectivity index (χ2v) is 8.56. The molecule has 25 heavy (non-hydrogen) atoms. The standard InChI is InChI=1S/C18H24N2O3S2/c1-3-20(4-2)25(22,23)17-10-7-15(8-11-17)9-12-18(21)19-14-16-6-5-13-24-16/h5-8,10-11,13H,3-4,9,12,14H2,1-2H3,(H,19,21). The van der Waals surface area contributed by atoms with Crippen LogP contribution in [0, 0.1) is 0 Å². The summed E-state index contributed by atoms with van der Waals surface area (Å²) in [7, 11) is -3.43. The van der Waals surface area contributed by atoms with Crippen molar-refractivity contribution in [1.82, 2.24) is 9.62 Å². The van der Waals surface area contributed by atoms with Gasteiger partial charge in [0.05, 0.1) is 11.4 Å². The number of aryl methyl sites for hydroxylation is 1. The maximum atomic E-state index is 12.4. The van der Waals surface area contributed by atoms with Crippen LogP contribution >= 0.6 is 11.3 Å². The lowest BCUT2D eigenvalue weighted by molar-refractivity contribution is -0.121. The molecule has 2 rings (SSSR count). The Morgan fingerprint density at radius 3 is 2.36 bits per heavy atom. The minimum absolute atomic E-state index is 0.00626. The number of carbonyl (C=O) groups is 1. The van der Waals surface area contributed by atoms with Gasteiger partial charge in [-0.05, 0) is 35.6 Å². The highest BCUT2D eigenvalue weighted by molar-refractivity contribution is 7.89. The van der Waals surface area contributed by atoms with E-state index in [-0.39, 0.29) is 5.91 Å². The van der Waals surface area contributed by atoms with Gasteiger partial charge in [0.2, 0.25) is 15.9 Å². The Hall–Kier alpha value is -1.70. The van der Waals surface area contributed by atoms with Gasteiger partial charge in [-0.2, -0.15) is 4.31 Å². The molecule has 1 N–H and O–H groups in total. The summed E-state index contributed by atoms with van der Waals surface area (Å²) < 4.78 is 26.3. The van der Waals surface area contributed by atoms with Crippen molar-refractivity contribution in [2.75, 3.05) is 13.1 Å². The highest BCUT2D eigenvalue weighted by Gasteiger charge is 2.21. The number of nitrogens with zero attached hydrogens (tertiary/aromatic N) is 1. The molecule has 0 aliphatic heterocycles. The third kappa shape index (κ3) is 5.39. The van der Waals surface area contributed by atoms with Crippen LogP contribution in [0.2, 0.25) is 0 Å². The van der Waals surface area contributed by atoms with Crippen molar-refractivity contribution in [3.63, 3.8) is 0 Å². The van der Waals surface area contributed by atoms with E-state index in [2.05, 4.69) is 5.32 Å². The van der Waals surface area contributed by atoms with Crippen LogP contribution in [0.5, 0.6) is 0 Å². The van der Waals surface area contributed by atoms with Crippen molar-refractivity contribution in [2.45, 2.75) is 38.1 Å². The van der Waals surface area contributed by atoms with E-state index >= 15 is 0 Å². The Balaban J connectivity index is 1.88. The number of sulfonamides is 1. The van der Waals surface area contributed by atoms with Crippen molar-refractivity contribution in [1.29, 1.82) is 0 Å². The van der Waals surface area contributed by atoms with Gasteiger partial charge in [-0.15, -0.1) is 11.3 Å². The minimum atomic E-state index is -3.43. The molecule has 136 valence electrons. The van der Waals surface area contributed by atoms with E-state index < -0.39 is 10.0 Å². The first kappa shape index (κ1) is 19.6. The van der Waals surface area contributed by atoms with Crippen molar-refractivity contribution in [3.8, 4) is 0 Å². The van der Waals surface area contributed by atoms with Gasteiger partial charge in [0.15, 0.2) is 0 Å². The third-order valence-corrected chi connectivity index (χ3v) is 6.89.